The van der Waals surface area contributed by atoms with Crippen molar-refractivity contribution in [3.8, 4) is 11.8 Å². The Morgan fingerprint density at radius 3 is 2.79 bits per heavy atom. The number of anilines is 1. The molecule has 1 atom stereocenters. The van der Waals surface area contributed by atoms with Crippen LogP contribution < -0.4 is 11.1 Å². The van der Waals surface area contributed by atoms with Crippen molar-refractivity contribution >= 4 is 38.8 Å². The number of nitrogens with one attached hydrogen (secondary N) is 1. The molecule has 0 aliphatic heterocycles. The molecule has 2 rings (SSSR count). The highest BCUT2D eigenvalue weighted by atomic mass is 79.9. The summed E-state index contributed by atoms with van der Waals surface area (Å²) in [5, 5.41) is 3.35. The minimum atomic E-state index is 0.534. The van der Waals surface area contributed by atoms with E-state index in [0.717, 1.165) is 53.9 Å². The maximum Gasteiger partial charge on any atom is 0.113 e. The van der Waals surface area contributed by atoms with Gasteiger partial charge in [0.2, 0.25) is 0 Å². The molecule has 0 fully saturated rings. The molecule has 0 aliphatic rings. The van der Waals surface area contributed by atoms with E-state index in [1.54, 1.807) is 0 Å². The number of benzene rings is 1. The van der Waals surface area contributed by atoms with E-state index in [0.29, 0.717) is 22.3 Å². The summed E-state index contributed by atoms with van der Waals surface area (Å²) in [5.41, 5.74) is 10.1. The summed E-state index contributed by atoms with van der Waals surface area (Å²) in [6.45, 7) is 8.51. The molecule has 0 aliphatic carbocycles. The van der Waals surface area contributed by atoms with Crippen LogP contribution in [0.5, 0.6) is 0 Å². The first-order valence-electron chi connectivity index (χ1n) is 9.85. The van der Waals surface area contributed by atoms with Gasteiger partial charge in [0.25, 0.3) is 0 Å². The Morgan fingerprint density at radius 1 is 1.31 bits per heavy atom. The number of thiocarbonyl (C=S) groups is 1. The van der Waals surface area contributed by atoms with E-state index in [4.69, 9.17) is 22.7 Å². The average Bonchev–Trinajstić information content (AvgIpc) is 2.71. The fraction of sp³-hybridized carbons (Fsp3) is 0.391. The lowest BCUT2D eigenvalue weighted by molar-refractivity contribution is 0.106. The van der Waals surface area contributed by atoms with E-state index >= 15 is 0 Å². The monoisotopic (exact) mass is 473 g/mol. The fourth-order valence-electron chi connectivity index (χ4n) is 2.78. The Kier molecular flexibility index (Phi) is 9.59. The first-order chi connectivity index (χ1) is 13.9. The van der Waals surface area contributed by atoms with Gasteiger partial charge in [-0.2, -0.15) is 0 Å². The first-order valence-corrected chi connectivity index (χ1v) is 11.0. The number of hydrogen-bond acceptors (Lipinski definition) is 4. The van der Waals surface area contributed by atoms with Crippen LogP contribution in [0.1, 0.15) is 49.2 Å². The zero-order valence-corrected chi connectivity index (χ0v) is 19.6. The summed E-state index contributed by atoms with van der Waals surface area (Å²) in [6.07, 6.45) is 2.10. The smallest absolute Gasteiger partial charge is 0.113 e. The van der Waals surface area contributed by atoms with Crippen LogP contribution in [0, 0.1) is 24.7 Å². The first kappa shape index (κ1) is 23.3. The van der Waals surface area contributed by atoms with Gasteiger partial charge in [-0.05, 0) is 72.3 Å². The highest BCUT2D eigenvalue weighted by molar-refractivity contribution is 9.10. The number of aromatic nitrogens is 1. The fourth-order valence-corrected chi connectivity index (χ4v) is 3.46. The van der Waals surface area contributed by atoms with Crippen LogP contribution in [0.25, 0.3) is 0 Å². The van der Waals surface area contributed by atoms with Gasteiger partial charge in [0.05, 0.1) is 5.69 Å². The molecule has 1 unspecified atom stereocenters. The molecule has 2 aromatic rings. The Bertz CT molecular complexity index is 905. The molecule has 1 aromatic heterocycles. The van der Waals surface area contributed by atoms with Gasteiger partial charge in [-0.15, -0.1) is 0 Å². The summed E-state index contributed by atoms with van der Waals surface area (Å²) in [6, 6.07) is 9.62. The van der Waals surface area contributed by atoms with Gasteiger partial charge >= 0.3 is 0 Å². The molecule has 154 valence electrons. The summed E-state index contributed by atoms with van der Waals surface area (Å²) in [7, 11) is 0. The molecule has 0 amide bonds. The standard InChI is InChI=1S/C23H28BrN3OS/c1-4-17(15-28-5-2)11-12-26-23(29)19-13-18(22(25)21(24)14-19)9-10-20-8-6-7-16(3)27-20/h6-8,13-14,17H,4-5,11-12,15,25H2,1-3H3,(H,26,29). The second-order valence-corrected chi connectivity index (χ2v) is 8.07. The minimum absolute atomic E-state index is 0.534. The zero-order valence-electron chi connectivity index (χ0n) is 17.2. The molecule has 0 saturated heterocycles. The van der Waals surface area contributed by atoms with Crippen LogP contribution in [0.2, 0.25) is 0 Å². The number of nitrogens with two attached hydrogens (primary N) is 1. The third-order valence-corrected chi connectivity index (χ3v) is 5.61. The van der Waals surface area contributed by atoms with Gasteiger partial charge in [0.15, 0.2) is 0 Å². The van der Waals surface area contributed by atoms with Crippen LogP contribution in [0.15, 0.2) is 34.8 Å². The van der Waals surface area contributed by atoms with Crippen LogP contribution in [0.4, 0.5) is 5.69 Å². The molecule has 0 radical (unpaired) electrons. The van der Waals surface area contributed by atoms with Gasteiger partial charge in [0, 0.05) is 41.1 Å². The van der Waals surface area contributed by atoms with Crippen molar-refractivity contribution in [1.82, 2.24) is 10.3 Å². The number of nitrogens with zero attached hydrogens (tertiary/aromatic N) is 1. The topological polar surface area (TPSA) is 60.2 Å². The van der Waals surface area contributed by atoms with E-state index in [9.17, 15) is 0 Å². The second kappa shape index (κ2) is 11.9. The molecule has 0 bridgehead atoms. The van der Waals surface area contributed by atoms with Crippen molar-refractivity contribution in [2.24, 2.45) is 5.92 Å². The average molecular weight is 474 g/mol. The van der Waals surface area contributed by atoms with Crippen molar-refractivity contribution < 1.29 is 4.74 Å². The number of ether oxygens (including phenoxy) is 1. The zero-order chi connectivity index (χ0) is 21.2. The molecule has 3 N–H and O–H groups in total. The van der Waals surface area contributed by atoms with Crippen LogP contribution in [-0.4, -0.2) is 29.7 Å². The number of hydrogen-bond donors (Lipinski definition) is 2. The van der Waals surface area contributed by atoms with Crippen molar-refractivity contribution in [1.29, 1.82) is 0 Å². The predicted octanol–water partition coefficient (Wildman–Crippen LogP) is 4.85. The highest BCUT2D eigenvalue weighted by Gasteiger charge is 2.10. The quantitative estimate of drug-likeness (QED) is 0.325. The molecular weight excluding hydrogens is 446 g/mol. The Labute approximate surface area is 187 Å². The van der Waals surface area contributed by atoms with Gasteiger partial charge in [-0.25, -0.2) is 4.98 Å². The summed E-state index contributed by atoms with van der Waals surface area (Å²) in [4.78, 5) is 5.10. The molecular formula is C23H28BrN3OS. The number of rotatable bonds is 8. The van der Waals surface area contributed by atoms with E-state index < -0.39 is 0 Å². The minimum Gasteiger partial charge on any atom is -0.397 e. The van der Waals surface area contributed by atoms with Crippen LogP contribution >= 0.6 is 28.1 Å². The van der Waals surface area contributed by atoms with Crippen LogP contribution in [-0.2, 0) is 4.74 Å². The highest BCUT2D eigenvalue weighted by Crippen LogP contribution is 2.25. The molecule has 1 heterocycles. The molecule has 6 heteroatoms. The molecule has 29 heavy (non-hydrogen) atoms. The van der Waals surface area contributed by atoms with E-state index in [-0.39, 0.29) is 0 Å². The van der Waals surface area contributed by atoms with Crippen molar-refractivity contribution in [3.63, 3.8) is 0 Å². The van der Waals surface area contributed by atoms with Crippen molar-refractivity contribution in [2.75, 3.05) is 25.5 Å². The summed E-state index contributed by atoms with van der Waals surface area (Å²) >= 11 is 9.11. The predicted molar refractivity (Wildman–Crippen MR) is 128 cm³/mol. The third kappa shape index (κ3) is 7.43. The number of halogens is 1. The maximum atomic E-state index is 6.20. The maximum absolute atomic E-state index is 6.20. The van der Waals surface area contributed by atoms with Crippen LogP contribution in [0.3, 0.4) is 0 Å². The lowest BCUT2D eigenvalue weighted by atomic mass is 10.0. The van der Waals surface area contributed by atoms with Crippen molar-refractivity contribution in [2.45, 2.75) is 33.6 Å². The molecule has 0 spiro atoms. The number of nitrogen functional groups attached to an aromatic ring is 1. The van der Waals surface area contributed by atoms with Crippen molar-refractivity contribution in [3.05, 3.63) is 57.3 Å². The van der Waals surface area contributed by atoms with E-state index in [1.165, 1.54) is 0 Å². The number of pyridine rings is 1. The Balaban J connectivity index is 2.09. The molecule has 0 saturated carbocycles. The van der Waals surface area contributed by atoms with Gasteiger partial charge < -0.3 is 15.8 Å². The van der Waals surface area contributed by atoms with Gasteiger partial charge in [-0.3, -0.25) is 0 Å². The normalized spacial score (nSPS) is 11.4. The lowest BCUT2D eigenvalue weighted by Gasteiger charge is -2.16. The SMILES string of the molecule is CCOCC(CC)CCNC(=S)c1cc(Br)c(N)c(C#Cc2cccc(C)n2)c1. The molecule has 4 nitrogen and oxygen atoms in total. The third-order valence-electron chi connectivity index (χ3n) is 4.58. The van der Waals surface area contributed by atoms with E-state index in [2.05, 4.69) is 45.0 Å². The summed E-state index contributed by atoms with van der Waals surface area (Å²) < 4.78 is 6.32. The van der Waals surface area contributed by atoms with E-state index in [1.807, 2.05) is 44.2 Å². The number of aryl methyl sites for hydroxylation is 1. The van der Waals surface area contributed by atoms with Gasteiger partial charge in [0.1, 0.15) is 10.7 Å². The lowest BCUT2D eigenvalue weighted by Crippen LogP contribution is -2.26. The van der Waals surface area contributed by atoms with Gasteiger partial charge in [-0.1, -0.05) is 37.5 Å². The Hall–Kier alpha value is -1.94. The summed E-state index contributed by atoms with van der Waals surface area (Å²) in [5.74, 6) is 6.74. The second-order valence-electron chi connectivity index (χ2n) is 6.81. The largest absolute Gasteiger partial charge is 0.397 e. The Morgan fingerprint density at radius 2 is 2.10 bits per heavy atom. The molecule has 1 aromatic carbocycles.